The molecular weight excluding hydrogens is 292 g/mol. The number of benzene rings is 4. The average Bonchev–Trinajstić information content (AvgIpc) is 2.65. The zero-order valence-electron chi connectivity index (χ0n) is 12.8. The van der Waals surface area contributed by atoms with E-state index in [0.717, 1.165) is 32.7 Å². The van der Waals surface area contributed by atoms with E-state index in [1.54, 1.807) is 6.07 Å². The molecule has 0 spiro atoms. The van der Waals surface area contributed by atoms with Gasteiger partial charge in [0.05, 0.1) is 11.1 Å². The molecule has 0 amide bonds. The Morgan fingerprint density at radius 2 is 1.25 bits per heavy atom. The van der Waals surface area contributed by atoms with E-state index in [1.807, 2.05) is 36.4 Å². The van der Waals surface area contributed by atoms with Crippen LogP contribution in [-0.2, 0) is 0 Å². The molecule has 0 aliphatic carbocycles. The average molecular weight is 304 g/mol. The van der Waals surface area contributed by atoms with E-state index in [9.17, 15) is 10.5 Å². The van der Waals surface area contributed by atoms with Gasteiger partial charge in [0.15, 0.2) is 0 Å². The zero-order chi connectivity index (χ0) is 16.5. The molecule has 0 radical (unpaired) electrons. The van der Waals surface area contributed by atoms with Gasteiger partial charge < -0.3 is 0 Å². The Bertz CT molecular complexity index is 1120. The van der Waals surface area contributed by atoms with Crippen molar-refractivity contribution in [2.24, 2.45) is 0 Å². The molecule has 0 atom stereocenters. The number of hydrogen-bond donors (Lipinski definition) is 0. The Labute approximate surface area is 139 Å². The molecule has 0 bridgehead atoms. The summed E-state index contributed by atoms with van der Waals surface area (Å²) in [4.78, 5) is 0. The highest BCUT2D eigenvalue weighted by Gasteiger charge is 2.15. The van der Waals surface area contributed by atoms with Gasteiger partial charge in [0.25, 0.3) is 0 Å². The minimum atomic E-state index is 0.409. The lowest BCUT2D eigenvalue weighted by Gasteiger charge is -2.13. The van der Waals surface area contributed by atoms with Crippen molar-refractivity contribution in [1.29, 1.82) is 10.5 Å². The highest BCUT2D eigenvalue weighted by molar-refractivity contribution is 6.13. The van der Waals surface area contributed by atoms with Crippen molar-refractivity contribution in [2.45, 2.75) is 0 Å². The Balaban J connectivity index is 2.25. The molecule has 24 heavy (non-hydrogen) atoms. The third-order valence-corrected chi connectivity index (χ3v) is 4.34. The SMILES string of the molecule is N#Cc1cccc(-c2c3ccccc3cc3ccccc23)c1C#N. The van der Waals surface area contributed by atoms with Crippen molar-refractivity contribution in [3.05, 3.63) is 83.9 Å². The molecule has 4 rings (SSSR count). The van der Waals surface area contributed by atoms with E-state index in [2.05, 4.69) is 42.5 Å². The molecule has 0 N–H and O–H groups in total. The summed E-state index contributed by atoms with van der Waals surface area (Å²) in [5.74, 6) is 0. The van der Waals surface area contributed by atoms with Crippen LogP contribution >= 0.6 is 0 Å². The number of fused-ring (bicyclic) bond motifs is 2. The predicted octanol–water partition coefficient (Wildman–Crippen LogP) is 5.40. The van der Waals surface area contributed by atoms with Crippen LogP contribution in [0.2, 0.25) is 0 Å². The molecule has 2 heteroatoms. The number of hydrogen-bond acceptors (Lipinski definition) is 2. The van der Waals surface area contributed by atoms with Crippen molar-refractivity contribution < 1.29 is 0 Å². The maximum atomic E-state index is 9.63. The van der Waals surface area contributed by atoms with Gasteiger partial charge in [-0.3, -0.25) is 0 Å². The highest BCUT2D eigenvalue weighted by atomic mass is 14.3. The molecule has 2 nitrogen and oxygen atoms in total. The lowest BCUT2D eigenvalue weighted by Crippen LogP contribution is -1.92. The van der Waals surface area contributed by atoms with E-state index < -0.39 is 0 Å². The molecule has 0 aromatic heterocycles. The van der Waals surface area contributed by atoms with Gasteiger partial charge in [-0.25, -0.2) is 0 Å². The van der Waals surface area contributed by atoms with Crippen LogP contribution in [-0.4, -0.2) is 0 Å². The quantitative estimate of drug-likeness (QED) is 0.442. The van der Waals surface area contributed by atoms with E-state index in [4.69, 9.17) is 0 Å². The topological polar surface area (TPSA) is 47.6 Å². The summed E-state index contributed by atoms with van der Waals surface area (Å²) in [5.41, 5.74) is 2.66. The molecule has 0 fully saturated rings. The van der Waals surface area contributed by atoms with E-state index in [1.165, 1.54) is 0 Å². The third-order valence-electron chi connectivity index (χ3n) is 4.34. The molecule has 0 unspecified atom stereocenters. The number of nitriles is 2. The second-order valence-corrected chi connectivity index (χ2v) is 5.65. The summed E-state index contributed by atoms with van der Waals surface area (Å²) in [6.45, 7) is 0. The zero-order valence-corrected chi connectivity index (χ0v) is 12.8. The maximum absolute atomic E-state index is 9.63. The fraction of sp³-hybridized carbons (Fsp3) is 0. The second-order valence-electron chi connectivity index (χ2n) is 5.65. The minimum absolute atomic E-state index is 0.409. The lowest BCUT2D eigenvalue weighted by molar-refractivity contribution is 1.43. The van der Waals surface area contributed by atoms with Gasteiger partial charge in [-0.2, -0.15) is 10.5 Å². The van der Waals surface area contributed by atoms with Crippen molar-refractivity contribution in [3.63, 3.8) is 0 Å². The van der Waals surface area contributed by atoms with Crippen LogP contribution in [0, 0.1) is 22.7 Å². The van der Waals surface area contributed by atoms with Gasteiger partial charge in [-0.15, -0.1) is 0 Å². The van der Waals surface area contributed by atoms with Crippen LogP contribution in [0.15, 0.2) is 72.8 Å². The number of rotatable bonds is 1. The molecule has 0 aliphatic rings. The molecule has 0 saturated heterocycles. The Kier molecular flexibility index (Phi) is 3.23. The van der Waals surface area contributed by atoms with Crippen molar-refractivity contribution >= 4 is 21.5 Å². The molecule has 4 aromatic carbocycles. The normalized spacial score (nSPS) is 10.4. The van der Waals surface area contributed by atoms with Crippen LogP contribution in [0.5, 0.6) is 0 Å². The molecule has 4 aromatic rings. The first-order valence-electron chi connectivity index (χ1n) is 7.67. The number of nitrogens with zero attached hydrogens (tertiary/aromatic N) is 2. The van der Waals surface area contributed by atoms with Gasteiger partial charge in [0.2, 0.25) is 0 Å². The summed E-state index contributed by atoms with van der Waals surface area (Å²) in [6.07, 6.45) is 0. The first kappa shape index (κ1) is 14.0. The third kappa shape index (κ3) is 2.02. The highest BCUT2D eigenvalue weighted by Crippen LogP contribution is 2.38. The van der Waals surface area contributed by atoms with Crippen LogP contribution in [0.25, 0.3) is 32.7 Å². The Morgan fingerprint density at radius 3 is 1.83 bits per heavy atom. The Hall–Kier alpha value is -3.62. The molecule has 0 aliphatic heterocycles. The van der Waals surface area contributed by atoms with Gasteiger partial charge in [-0.1, -0.05) is 60.7 Å². The fourth-order valence-electron chi connectivity index (χ4n) is 3.28. The minimum Gasteiger partial charge on any atom is -0.192 e. The largest absolute Gasteiger partial charge is 0.192 e. The predicted molar refractivity (Wildman–Crippen MR) is 96.3 cm³/mol. The Morgan fingerprint density at radius 1 is 0.625 bits per heavy atom. The van der Waals surface area contributed by atoms with Crippen LogP contribution in [0.3, 0.4) is 0 Å². The fourth-order valence-corrected chi connectivity index (χ4v) is 3.28. The van der Waals surface area contributed by atoms with E-state index in [-0.39, 0.29) is 0 Å². The standard InChI is InChI=1S/C22H12N2/c23-13-17-8-5-11-20(21(17)14-24)22-18-9-3-1-6-15(18)12-16-7-2-4-10-19(16)22/h1-12H. The van der Waals surface area contributed by atoms with Gasteiger partial charge in [0.1, 0.15) is 12.1 Å². The summed E-state index contributed by atoms with van der Waals surface area (Å²) in [6, 6.07) is 28.3. The van der Waals surface area contributed by atoms with Gasteiger partial charge >= 0.3 is 0 Å². The maximum Gasteiger partial charge on any atom is 0.101 e. The van der Waals surface area contributed by atoms with Gasteiger partial charge in [0, 0.05) is 5.56 Å². The molecule has 110 valence electrons. The molecule has 0 saturated carbocycles. The summed E-state index contributed by atoms with van der Waals surface area (Å²) >= 11 is 0. The van der Waals surface area contributed by atoms with Crippen molar-refractivity contribution in [1.82, 2.24) is 0 Å². The summed E-state index contributed by atoms with van der Waals surface area (Å²) in [7, 11) is 0. The van der Waals surface area contributed by atoms with E-state index >= 15 is 0 Å². The summed E-state index contributed by atoms with van der Waals surface area (Å²) in [5, 5.41) is 23.4. The van der Waals surface area contributed by atoms with Crippen molar-refractivity contribution in [2.75, 3.05) is 0 Å². The molecule has 0 heterocycles. The van der Waals surface area contributed by atoms with E-state index in [0.29, 0.717) is 11.1 Å². The first-order chi connectivity index (χ1) is 11.8. The first-order valence-corrected chi connectivity index (χ1v) is 7.67. The van der Waals surface area contributed by atoms with Crippen LogP contribution < -0.4 is 0 Å². The van der Waals surface area contributed by atoms with Crippen molar-refractivity contribution in [3.8, 4) is 23.3 Å². The van der Waals surface area contributed by atoms with Gasteiger partial charge in [-0.05, 0) is 39.2 Å². The monoisotopic (exact) mass is 304 g/mol. The smallest absolute Gasteiger partial charge is 0.101 e. The molecular formula is C22H12N2. The summed E-state index contributed by atoms with van der Waals surface area (Å²) < 4.78 is 0. The van der Waals surface area contributed by atoms with Crippen LogP contribution in [0.1, 0.15) is 11.1 Å². The second kappa shape index (κ2) is 5.54. The van der Waals surface area contributed by atoms with Crippen LogP contribution in [0.4, 0.5) is 0 Å². The lowest BCUT2D eigenvalue weighted by atomic mass is 9.88.